The Morgan fingerprint density at radius 2 is 2.40 bits per heavy atom. The zero-order valence-corrected chi connectivity index (χ0v) is 12.5. The Kier molecular flexibility index (Phi) is 5.31. The van der Waals surface area contributed by atoms with E-state index < -0.39 is 0 Å². The van der Waals surface area contributed by atoms with E-state index in [0.717, 1.165) is 22.9 Å². The van der Waals surface area contributed by atoms with Crippen molar-refractivity contribution in [1.29, 1.82) is 0 Å². The molecule has 0 bridgehead atoms. The second-order valence-electron chi connectivity index (χ2n) is 4.35. The fourth-order valence-corrected chi connectivity index (χ4v) is 2.52. The van der Waals surface area contributed by atoms with Gasteiger partial charge in [-0.15, -0.1) is 11.3 Å². The van der Waals surface area contributed by atoms with E-state index in [0.29, 0.717) is 19.5 Å². The number of rotatable bonds is 7. The molecule has 0 fully saturated rings. The van der Waals surface area contributed by atoms with Gasteiger partial charge in [0.25, 0.3) is 0 Å². The van der Waals surface area contributed by atoms with E-state index in [1.165, 1.54) is 7.11 Å². The molecule has 5 nitrogen and oxygen atoms in total. The van der Waals surface area contributed by atoms with Crippen LogP contribution in [0.1, 0.15) is 19.0 Å². The zero-order chi connectivity index (χ0) is 14.4. The van der Waals surface area contributed by atoms with Crippen LogP contribution in [-0.2, 0) is 16.1 Å². The van der Waals surface area contributed by atoms with Crippen molar-refractivity contribution >= 4 is 17.3 Å². The van der Waals surface area contributed by atoms with E-state index in [9.17, 15) is 4.79 Å². The summed E-state index contributed by atoms with van der Waals surface area (Å²) < 4.78 is 9.99. The average Bonchev–Trinajstić information content (AvgIpc) is 3.13. The molecule has 0 N–H and O–H groups in total. The fraction of sp³-hybridized carbons (Fsp3) is 0.429. The van der Waals surface area contributed by atoms with E-state index in [2.05, 4.69) is 21.7 Å². The van der Waals surface area contributed by atoms with Crippen LogP contribution in [-0.4, -0.2) is 36.2 Å². The summed E-state index contributed by atoms with van der Waals surface area (Å²) in [5.41, 5.74) is 0.875. The maximum Gasteiger partial charge on any atom is 0.306 e. The summed E-state index contributed by atoms with van der Waals surface area (Å²) in [7, 11) is 1.41. The number of thiophene rings is 1. The zero-order valence-electron chi connectivity index (χ0n) is 11.7. The van der Waals surface area contributed by atoms with Crippen LogP contribution in [0.5, 0.6) is 0 Å². The van der Waals surface area contributed by atoms with Crippen LogP contribution < -0.4 is 0 Å². The molecule has 0 aliphatic rings. The molecule has 0 aliphatic heterocycles. The number of hydrogen-bond donors (Lipinski definition) is 0. The predicted octanol–water partition coefficient (Wildman–Crippen LogP) is 2.79. The van der Waals surface area contributed by atoms with Gasteiger partial charge in [-0.25, -0.2) is 0 Å². The molecule has 0 radical (unpaired) electrons. The minimum atomic E-state index is -0.192. The second kappa shape index (κ2) is 7.21. The minimum absolute atomic E-state index is 0.192. The van der Waals surface area contributed by atoms with Gasteiger partial charge in [-0.3, -0.25) is 9.69 Å². The lowest BCUT2D eigenvalue weighted by molar-refractivity contribution is -0.141. The van der Waals surface area contributed by atoms with Crippen LogP contribution in [0.15, 0.2) is 28.1 Å². The Morgan fingerprint density at radius 3 is 3.05 bits per heavy atom. The summed E-state index contributed by atoms with van der Waals surface area (Å²) >= 11 is 1.62. The van der Waals surface area contributed by atoms with E-state index in [-0.39, 0.29) is 5.97 Å². The van der Waals surface area contributed by atoms with Crippen LogP contribution in [0, 0.1) is 0 Å². The molecule has 0 saturated carbocycles. The molecule has 0 unspecified atom stereocenters. The van der Waals surface area contributed by atoms with Crippen molar-refractivity contribution in [2.75, 3.05) is 20.2 Å². The molecule has 0 amide bonds. The lowest BCUT2D eigenvalue weighted by Crippen LogP contribution is -2.26. The normalized spacial score (nSPS) is 10.9. The van der Waals surface area contributed by atoms with Gasteiger partial charge in [0.15, 0.2) is 5.76 Å². The molecule has 108 valence electrons. The third-order valence-electron chi connectivity index (χ3n) is 3.02. The van der Waals surface area contributed by atoms with Crippen molar-refractivity contribution < 1.29 is 14.1 Å². The van der Waals surface area contributed by atoms with Gasteiger partial charge < -0.3 is 9.26 Å². The Balaban J connectivity index is 1.92. The SMILES string of the molecule is CCN(CCC(=O)OC)Cc1cc(-c2cccs2)on1. The number of hydrogen-bond acceptors (Lipinski definition) is 6. The van der Waals surface area contributed by atoms with Crippen LogP contribution in [0.2, 0.25) is 0 Å². The molecule has 0 aromatic carbocycles. The summed E-state index contributed by atoms with van der Waals surface area (Å²) in [5.74, 6) is 0.599. The average molecular weight is 294 g/mol. The van der Waals surface area contributed by atoms with Crippen LogP contribution in [0.4, 0.5) is 0 Å². The Hall–Kier alpha value is -1.66. The first-order valence-corrected chi connectivity index (χ1v) is 7.39. The van der Waals surface area contributed by atoms with Gasteiger partial charge in [-0.05, 0) is 18.0 Å². The lowest BCUT2D eigenvalue weighted by Gasteiger charge is -2.17. The summed E-state index contributed by atoms with van der Waals surface area (Å²) in [5, 5.41) is 6.09. The highest BCUT2D eigenvalue weighted by Gasteiger charge is 2.12. The maximum absolute atomic E-state index is 11.2. The molecule has 0 aliphatic carbocycles. The number of aromatic nitrogens is 1. The molecule has 0 saturated heterocycles. The molecular weight excluding hydrogens is 276 g/mol. The molecule has 2 rings (SSSR count). The lowest BCUT2D eigenvalue weighted by atomic mass is 10.3. The van der Waals surface area contributed by atoms with Gasteiger partial charge in [0.1, 0.15) is 0 Å². The molecule has 0 spiro atoms. The maximum atomic E-state index is 11.2. The first-order valence-electron chi connectivity index (χ1n) is 6.51. The van der Waals surface area contributed by atoms with Gasteiger partial charge in [0.2, 0.25) is 0 Å². The summed E-state index contributed by atoms with van der Waals surface area (Å²) in [6.45, 7) is 4.22. The number of methoxy groups -OCH3 is 1. The number of esters is 1. The summed E-state index contributed by atoms with van der Waals surface area (Å²) in [6.07, 6.45) is 0.389. The number of carbonyl (C=O) groups is 1. The van der Waals surface area contributed by atoms with Gasteiger partial charge in [-0.2, -0.15) is 0 Å². The van der Waals surface area contributed by atoms with Crippen molar-refractivity contribution in [1.82, 2.24) is 10.1 Å². The molecule has 20 heavy (non-hydrogen) atoms. The smallest absolute Gasteiger partial charge is 0.306 e. The van der Waals surface area contributed by atoms with E-state index in [1.807, 2.05) is 23.6 Å². The van der Waals surface area contributed by atoms with Gasteiger partial charge in [0, 0.05) is 19.2 Å². The van der Waals surface area contributed by atoms with Crippen molar-refractivity contribution in [3.8, 4) is 10.6 Å². The first kappa shape index (κ1) is 14.7. The van der Waals surface area contributed by atoms with Gasteiger partial charge in [-0.1, -0.05) is 18.1 Å². The Bertz CT molecular complexity index is 536. The fourth-order valence-electron chi connectivity index (χ4n) is 1.85. The number of ether oxygens (including phenoxy) is 1. The summed E-state index contributed by atoms with van der Waals surface area (Å²) in [6, 6.07) is 5.94. The van der Waals surface area contributed by atoms with Crippen molar-refractivity contribution in [2.24, 2.45) is 0 Å². The van der Waals surface area contributed by atoms with E-state index in [4.69, 9.17) is 4.52 Å². The van der Waals surface area contributed by atoms with E-state index in [1.54, 1.807) is 11.3 Å². The van der Waals surface area contributed by atoms with Crippen molar-refractivity contribution in [2.45, 2.75) is 19.9 Å². The molecule has 6 heteroatoms. The highest BCUT2D eigenvalue weighted by Crippen LogP contribution is 2.25. The topological polar surface area (TPSA) is 55.6 Å². The second-order valence-corrected chi connectivity index (χ2v) is 5.30. The highest BCUT2D eigenvalue weighted by atomic mass is 32.1. The van der Waals surface area contributed by atoms with Crippen LogP contribution in [0.3, 0.4) is 0 Å². The van der Waals surface area contributed by atoms with Crippen LogP contribution in [0.25, 0.3) is 10.6 Å². The standard InChI is InChI=1S/C14H18N2O3S/c1-3-16(7-6-14(17)18-2)10-11-9-12(19-15-11)13-5-4-8-20-13/h4-5,8-9H,3,6-7,10H2,1-2H3. The molecular formula is C14H18N2O3S. The monoisotopic (exact) mass is 294 g/mol. The highest BCUT2D eigenvalue weighted by molar-refractivity contribution is 7.13. The first-order chi connectivity index (χ1) is 9.72. The van der Waals surface area contributed by atoms with Crippen LogP contribution >= 0.6 is 11.3 Å². The minimum Gasteiger partial charge on any atom is -0.469 e. The predicted molar refractivity (Wildman–Crippen MR) is 77.4 cm³/mol. The molecule has 2 aromatic rings. The quantitative estimate of drug-likeness (QED) is 0.735. The molecule has 2 heterocycles. The third-order valence-corrected chi connectivity index (χ3v) is 3.90. The van der Waals surface area contributed by atoms with Crippen molar-refractivity contribution in [3.63, 3.8) is 0 Å². The number of carbonyl (C=O) groups excluding carboxylic acids is 1. The third kappa shape index (κ3) is 3.91. The largest absolute Gasteiger partial charge is 0.469 e. The Labute approximate surface area is 122 Å². The van der Waals surface area contributed by atoms with Gasteiger partial charge >= 0.3 is 5.97 Å². The van der Waals surface area contributed by atoms with Gasteiger partial charge in [0.05, 0.1) is 24.1 Å². The van der Waals surface area contributed by atoms with Crippen molar-refractivity contribution in [3.05, 3.63) is 29.3 Å². The number of nitrogens with zero attached hydrogens (tertiary/aromatic N) is 2. The molecule has 0 atom stereocenters. The van der Waals surface area contributed by atoms with E-state index >= 15 is 0 Å². The Morgan fingerprint density at radius 1 is 1.55 bits per heavy atom. The molecule has 2 aromatic heterocycles. The summed E-state index contributed by atoms with van der Waals surface area (Å²) in [4.78, 5) is 14.4.